The van der Waals surface area contributed by atoms with Gasteiger partial charge >= 0.3 is 17.9 Å². The molecule has 0 saturated heterocycles. The molecule has 164 valence electrons. The van der Waals surface area contributed by atoms with Crippen molar-refractivity contribution < 1.29 is 34.1 Å². The number of aliphatic carboxylic acids is 3. The van der Waals surface area contributed by atoms with Gasteiger partial charge in [-0.05, 0) is 56.2 Å². The van der Waals surface area contributed by atoms with Crippen LogP contribution in [0.25, 0.3) is 11.0 Å². The maximum atomic E-state index is 10.9. The van der Waals surface area contributed by atoms with Crippen LogP contribution in [0.2, 0.25) is 0 Å². The average Bonchev–Trinajstić information content (AvgIpc) is 2.66. The van der Waals surface area contributed by atoms with Gasteiger partial charge in [-0.25, -0.2) is 0 Å². The SMILES string of the molecule is CCN(CC)c1ccc2c(CC(=O)O)cc(=S)oc2c1.N[C@@H](CCC(=O)O)C(=O)O. The van der Waals surface area contributed by atoms with Gasteiger partial charge in [-0.3, -0.25) is 14.4 Å². The van der Waals surface area contributed by atoms with Gasteiger partial charge in [0, 0.05) is 36.7 Å². The van der Waals surface area contributed by atoms with Crippen LogP contribution in [0.1, 0.15) is 32.3 Å². The molecule has 30 heavy (non-hydrogen) atoms. The van der Waals surface area contributed by atoms with Crippen LogP contribution in [0.15, 0.2) is 28.7 Å². The molecule has 0 aliphatic carbocycles. The minimum Gasteiger partial charge on any atom is -0.481 e. The van der Waals surface area contributed by atoms with Crippen molar-refractivity contribution in [2.45, 2.75) is 39.2 Å². The maximum Gasteiger partial charge on any atom is 0.320 e. The average molecular weight is 439 g/mol. The van der Waals surface area contributed by atoms with E-state index in [1.165, 1.54) is 0 Å². The third-order valence-electron chi connectivity index (χ3n) is 4.27. The summed E-state index contributed by atoms with van der Waals surface area (Å²) in [5, 5.41) is 26.0. The Hall–Kier alpha value is -2.98. The molecular weight excluding hydrogens is 412 g/mol. The van der Waals surface area contributed by atoms with Crippen LogP contribution < -0.4 is 10.6 Å². The van der Waals surface area contributed by atoms with Crippen molar-refractivity contribution in [1.29, 1.82) is 0 Å². The van der Waals surface area contributed by atoms with E-state index in [1.54, 1.807) is 6.07 Å². The Morgan fingerprint density at radius 1 is 1.10 bits per heavy atom. The number of anilines is 1. The topological polar surface area (TPSA) is 154 Å². The van der Waals surface area contributed by atoms with Crippen molar-refractivity contribution in [3.63, 3.8) is 0 Å². The first-order valence-corrected chi connectivity index (χ1v) is 9.73. The molecule has 0 bridgehead atoms. The lowest BCUT2D eigenvalue weighted by atomic mass is 10.1. The zero-order valence-corrected chi connectivity index (χ0v) is 17.6. The van der Waals surface area contributed by atoms with E-state index >= 15 is 0 Å². The number of nitrogens with zero attached hydrogens (tertiary/aromatic N) is 1. The second-order valence-electron chi connectivity index (χ2n) is 6.39. The predicted octanol–water partition coefficient (Wildman–Crippen LogP) is 2.90. The van der Waals surface area contributed by atoms with Crippen LogP contribution in [0, 0.1) is 4.71 Å². The monoisotopic (exact) mass is 438 g/mol. The van der Waals surface area contributed by atoms with Gasteiger partial charge in [-0.2, -0.15) is 0 Å². The summed E-state index contributed by atoms with van der Waals surface area (Å²) in [5.41, 5.74) is 7.38. The fourth-order valence-electron chi connectivity index (χ4n) is 2.72. The van der Waals surface area contributed by atoms with Crippen molar-refractivity contribution in [1.82, 2.24) is 0 Å². The highest BCUT2D eigenvalue weighted by molar-refractivity contribution is 7.71. The quantitative estimate of drug-likeness (QED) is 0.430. The Balaban J connectivity index is 0.000000382. The van der Waals surface area contributed by atoms with Gasteiger partial charge in [-0.15, -0.1) is 0 Å². The Kier molecular flexibility index (Phi) is 9.93. The highest BCUT2D eigenvalue weighted by Gasteiger charge is 2.12. The van der Waals surface area contributed by atoms with Gasteiger partial charge in [0.05, 0.1) is 6.42 Å². The molecule has 0 aliphatic heterocycles. The van der Waals surface area contributed by atoms with E-state index in [-0.39, 0.29) is 19.3 Å². The number of nitrogens with two attached hydrogens (primary N) is 1. The fourth-order valence-corrected chi connectivity index (χ4v) is 2.95. The molecule has 0 amide bonds. The predicted molar refractivity (Wildman–Crippen MR) is 114 cm³/mol. The van der Waals surface area contributed by atoms with E-state index in [1.807, 2.05) is 18.2 Å². The van der Waals surface area contributed by atoms with Crippen molar-refractivity contribution in [2.24, 2.45) is 5.73 Å². The van der Waals surface area contributed by atoms with Gasteiger partial charge in [0.1, 0.15) is 11.6 Å². The number of benzene rings is 1. The number of rotatable bonds is 9. The van der Waals surface area contributed by atoms with Crippen LogP contribution in [0.5, 0.6) is 0 Å². The number of carboxylic acids is 3. The summed E-state index contributed by atoms with van der Waals surface area (Å²) in [6.07, 6.45) is -0.279. The summed E-state index contributed by atoms with van der Waals surface area (Å²) in [6, 6.07) is 6.36. The maximum absolute atomic E-state index is 10.9. The number of hydrogen-bond donors (Lipinski definition) is 4. The first-order valence-electron chi connectivity index (χ1n) is 9.32. The van der Waals surface area contributed by atoms with Crippen LogP contribution in [0.3, 0.4) is 0 Å². The van der Waals surface area contributed by atoms with Crippen LogP contribution in [-0.2, 0) is 20.8 Å². The molecule has 2 aromatic rings. The van der Waals surface area contributed by atoms with Gasteiger partial charge in [0.25, 0.3) is 0 Å². The van der Waals surface area contributed by atoms with E-state index in [4.69, 9.17) is 37.7 Å². The van der Waals surface area contributed by atoms with Crippen LogP contribution in [-0.4, -0.2) is 52.4 Å². The first kappa shape index (κ1) is 25.1. The molecule has 0 aliphatic rings. The van der Waals surface area contributed by atoms with Gasteiger partial charge in [0.15, 0.2) is 4.71 Å². The third-order valence-corrected chi connectivity index (χ3v) is 4.47. The van der Waals surface area contributed by atoms with E-state index < -0.39 is 23.9 Å². The summed E-state index contributed by atoms with van der Waals surface area (Å²) in [4.78, 5) is 33.0. The van der Waals surface area contributed by atoms with Crippen molar-refractivity contribution in [3.8, 4) is 0 Å². The van der Waals surface area contributed by atoms with Gasteiger partial charge in [-0.1, -0.05) is 0 Å². The van der Waals surface area contributed by atoms with Crippen molar-refractivity contribution in [2.75, 3.05) is 18.0 Å². The zero-order chi connectivity index (χ0) is 22.8. The molecule has 1 heterocycles. The molecule has 0 spiro atoms. The second-order valence-corrected chi connectivity index (χ2v) is 6.79. The molecule has 0 radical (unpaired) electrons. The van der Waals surface area contributed by atoms with E-state index in [0.29, 0.717) is 15.9 Å². The molecule has 0 fully saturated rings. The smallest absolute Gasteiger partial charge is 0.320 e. The fraction of sp³-hybridized carbons (Fsp3) is 0.400. The minimum atomic E-state index is -1.17. The van der Waals surface area contributed by atoms with E-state index in [0.717, 1.165) is 24.2 Å². The molecule has 1 atom stereocenters. The Morgan fingerprint density at radius 2 is 1.73 bits per heavy atom. The molecule has 10 heteroatoms. The highest BCUT2D eigenvalue weighted by Crippen LogP contribution is 2.26. The number of carbonyl (C=O) groups is 3. The highest BCUT2D eigenvalue weighted by atomic mass is 32.1. The first-order chi connectivity index (χ1) is 14.1. The molecule has 2 rings (SSSR count). The van der Waals surface area contributed by atoms with E-state index in [2.05, 4.69) is 18.7 Å². The summed E-state index contributed by atoms with van der Waals surface area (Å²) >= 11 is 5.07. The number of fused-ring (bicyclic) bond motifs is 1. The lowest BCUT2D eigenvalue weighted by Gasteiger charge is -2.21. The Labute approximate surface area is 178 Å². The zero-order valence-electron chi connectivity index (χ0n) is 16.8. The second kappa shape index (κ2) is 11.9. The Morgan fingerprint density at radius 3 is 2.23 bits per heavy atom. The lowest BCUT2D eigenvalue weighted by Crippen LogP contribution is -2.30. The largest absolute Gasteiger partial charge is 0.481 e. The minimum absolute atomic E-state index is 0.0231. The Bertz CT molecular complexity index is 954. The van der Waals surface area contributed by atoms with E-state index in [9.17, 15) is 14.4 Å². The summed E-state index contributed by atoms with van der Waals surface area (Å²) in [7, 11) is 0. The van der Waals surface area contributed by atoms with Crippen molar-refractivity contribution in [3.05, 3.63) is 34.5 Å². The summed E-state index contributed by atoms with van der Waals surface area (Å²) < 4.78 is 5.87. The summed E-state index contributed by atoms with van der Waals surface area (Å²) in [6.45, 7) is 5.98. The molecule has 0 saturated carbocycles. The third kappa shape index (κ3) is 7.80. The molecule has 9 nitrogen and oxygen atoms in total. The molecular formula is C20H26N2O7S. The van der Waals surface area contributed by atoms with Crippen LogP contribution in [0.4, 0.5) is 5.69 Å². The number of hydrogen-bond acceptors (Lipinski definition) is 7. The molecule has 1 aromatic carbocycles. The molecule has 0 unspecified atom stereocenters. The normalized spacial score (nSPS) is 11.3. The van der Waals surface area contributed by atoms with Gasteiger partial charge in [0.2, 0.25) is 0 Å². The van der Waals surface area contributed by atoms with Crippen LogP contribution >= 0.6 is 12.2 Å². The van der Waals surface area contributed by atoms with Gasteiger partial charge < -0.3 is 30.4 Å². The standard InChI is InChI=1S/C15H17NO3S.C5H9NO4/c1-3-16(4-2)11-5-6-12-10(7-14(17)18)8-15(20)19-13(12)9-11;6-3(5(9)10)1-2-4(7)8/h5-6,8-9H,3-4,7H2,1-2H3,(H,17,18);3H,1-2,6H2,(H,7,8)(H,9,10)/t;3-/m.0/s1. The van der Waals surface area contributed by atoms with Crippen molar-refractivity contribution >= 4 is 46.8 Å². The summed E-state index contributed by atoms with van der Waals surface area (Å²) in [5.74, 6) is -3.07. The molecule has 5 N–H and O–H groups in total. The lowest BCUT2D eigenvalue weighted by molar-refractivity contribution is -0.140. The number of carboxylic acid groups (broad SMARTS) is 3. The molecule has 1 aromatic heterocycles.